The lowest BCUT2D eigenvalue weighted by molar-refractivity contribution is -0.135. The molecule has 0 saturated carbocycles. The molecule has 130 valence electrons. The number of carbonyl (C=O) groups excluding carboxylic acids is 1. The van der Waals surface area contributed by atoms with E-state index in [1.165, 1.54) is 7.11 Å². The molecule has 0 fully saturated rings. The molecular formula is C22H19NO2S. The molecule has 0 saturated heterocycles. The second-order valence-corrected chi connectivity index (χ2v) is 6.98. The van der Waals surface area contributed by atoms with Crippen molar-refractivity contribution in [3.05, 3.63) is 89.5 Å². The normalized spacial score (nSPS) is 23.8. The number of anilines is 1. The summed E-state index contributed by atoms with van der Waals surface area (Å²) < 4.78 is 4.97. The van der Waals surface area contributed by atoms with Gasteiger partial charge < -0.3 is 9.64 Å². The van der Waals surface area contributed by atoms with Gasteiger partial charge in [0.15, 0.2) is 0 Å². The van der Waals surface area contributed by atoms with Gasteiger partial charge in [0.1, 0.15) is 0 Å². The van der Waals surface area contributed by atoms with E-state index < -0.39 is 5.41 Å². The van der Waals surface area contributed by atoms with E-state index in [9.17, 15) is 4.79 Å². The summed E-state index contributed by atoms with van der Waals surface area (Å²) in [7, 11) is 3.39. The molecular weight excluding hydrogens is 342 g/mol. The molecule has 3 nitrogen and oxygen atoms in total. The Kier molecular flexibility index (Phi) is 4.00. The first-order valence-corrected chi connectivity index (χ1v) is 8.92. The van der Waals surface area contributed by atoms with E-state index in [4.69, 9.17) is 17.0 Å². The van der Waals surface area contributed by atoms with Crippen LogP contribution in [0, 0.1) is 0 Å². The summed E-state index contributed by atoms with van der Waals surface area (Å²) in [5.41, 5.74) is 3.31. The fraction of sp³-hybridized carbons (Fsp3) is 0.182. The molecule has 1 aliphatic heterocycles. The molecule has 1 heterocycles. The van der Waals surface area contributed by atoms with Crippen LogP contribution in [0.25, 0.3) is 0 Å². The maximum Gasteiger partial charge on any atom is 0.337 e. The largest absolute Gasteiger partial charge is 0.465 e. The zero-order valence-corrected chi connectivity index (χ0v) is 15.5. The number of hydrogen-bond donors (Lipinski definition) is 0. The lowest BCUT2D eigenvalue weighted by Gasteiger charge is -2.37. The Bertz CT molecular complexity index is 948. The number of hydrogen-bond acceptors (Lipinski definition) is 3. The van der Waals surface area contributed by atoms with Crippen LogP contribution in [0.4, 0.5) is 5.69 Å². The minimum atomic E-state index is -0.583. The minimum Gasteiger partial charge on any atom is -0.465 e. The molecule has 2 aromatic rings. The Balaban J connectivity index is 1.99. The lowest BCUT2D eigenvalue weighted by Crippen LogP contribution is -2.42. The average Bonchev–Trinajstić information content (AvgIpc) is 2.91. The van der Waals surface area contributed by atoms with E-state index in [0.29, 0.717) is 5.57 Å². The first kappa shape index (κ1) is 16.7. The fourth-order valence-electron chi connectivity index (χ4n) is 4.07. The molecule has 1 aliphatic carbocycles. The first-order valence-electron chi connectivity index (χ1n) is 8.51. The minimum absolute atomic E-state index is 0.00991. The number of para-hydroxylation sites is 1. The number of nitrogens with zero attached hydrogens (tertiary/aromatic N) is 1. The molecule has 4 rings (SSSR count). The third-order valence-corrected chi connectivity index (χ3v) is 5.90. The third-order valence-electron chi connectivity index (χ3n) is 5.29. The quantitative estimate of drug-likeness (QED) is 0.594. The second kappa shape index (κ2) is 6.22. The van der Waals surface area contributed by atoms with Crippen molar-refractivity contribution in [1.82, 2.24) is 0 Å². The number of fused-ring (bicyclic) bond motifs is 2. The highest BCUT2D eigenvalue weighted by atomic mass is 32.1. The van der Waals surface area contributed by atoms with Crippen LogP contribution in [0.5, 0.6) is 0 Å². The van der Waals surface area contributed by atoms with Crippen LogP contribution in [0.1, 0.15) is 17.0 Å². The van der Waals surface area contributed by atoms with E-state index in [0.717, 1.165) is 21.8 Å². The van der Waals surface area contributed by atoms with Crippen LogP contribution in [0.3, 0.4) is 0 Å². The number of ether oxygens (including phenoxy) is 1. The molecule has 2 aromatic carbocycles. The number of benzene rings is 2. The first-order chi connectivity index (χ1) is 12.6. The predicted molar refractivity (Wildman–Crippen MR) is 108 cm³/mol. The van der Waals surface area contributed by atoms with Crippen molar-refractivity contribution in [1.29, 1.82) is 0 Å². The van der Waals surface area contributed by atoms with Crippen LogP contribution in [-0.4, -0.2) is 25.1 Å². The van der Waals surface area contributed by atoms with Crippen molar-refractivity contribution in [3.8, 4) is 0 Å². The maximum absolute atomic E-state index is 12.3. The molecule has 0 N–H and O–H groups in total. The summed E-state index contributed by atoms with van der Waals surface area (Å²) in [4.78, 5) is 15.1. The molecule has 1 spiro atoms. The number of likely N-dealkylation sites (N-methyl/N-ethyl adjacent to an activating group) is 1. The van der Waals surface area contributed by atoms with E-state index in [1.54, 1.807) is 0 Å². The van der Waals surface area contributed by atoms with Gasteiger partial charge in [-0.3, -0.25) is 0 Å². The Labute approximate surface area is 158 Å². The van der Waals surface area contributed by atoms with E-state index in [1.807, 2.05) is 54.4 Å². The Hall–Kier alpha value is -2.72. The number of allylic oxidation sites excluding steroid dienone is 1. The zero-order valence-electron chi connectivity index (χ0n) is 14.7. The van der Waals surface area contributed by atoms with Crippen molar-refractivity contribution in [3.63, 3.8) is 0 Å². The molecule has 2 atom stereocenters. The van der Waals surface area contributed by atoms with Gasteiger partial charge in [-0.05, 0) is 17.2 Å². The average molecular weight is 361 g/mol. The molecule has 0 radical (unpaired) electrons. The Morgan fingerprint density at radius 2 is 1.81 bits per heavy atom. The highest BCUT2D eigenvalue weighted by Gasteiger charge is 2.51. The van der Waals surface area contributed by atoms with Crippen LogP contribution in [0.2, 0.25) is 0 Å². The second-order valence-electron chi connectivity index (χ2n) is 6.59. The SMILES string of the molecule is COC(=O)C1=C[C@@]2(C(=S)N(C)c3ccccc32)[C@H](c2ccccc2)C=C1. The van der Waals surface area contributed by atoms with Gasteiger partial charge in [-0.15, -0.1) is 0 Å². The summed E-state index contributed by atoms with van der Waals surface area (Å²) in [6.07, 6.45) is 5.91. The third kappa shape index (κ3) is 2.26. The lowest BCUT2D eigenvalue weighted by atomic mass is 9.65. The van der Waals surface area contributed by atoms with Gasteiger partial charge in [0.05, 0.1) is 23.1 Å². The molecule has 0 aromatic heterocycles. The number of thiocarbonyl (C=S) groups is 1. The monoisotopic (exact) mass is 361 g/mol. The predicted octanol–water partition coefficient (Wildman–Crippen LogP) is 4.15. The number of methoxy groups -OCH3 is 1. The van der Waals surface area contributed by atoms with Crippen LogP contribution < -0.4 is 4.90 Å². The highest BCUT2D eigenvalue weighted by molar-refractivity contribution is 7.80. The molecule has 0 amide bonds. The summed E-state index contributed by atoms with van der Waals surface area (Å²) in [6, 6.07) is 18.5. The van der Waals surface area contributed by atoms with Crippen molar-refractivity contribution in [2.24, 2.45) is 0 Å². The molecule has 0 unspecified atom stereocenters. The van der Waals surface area contributed by atoms with Crippen molar-refractivity contribution >= 4 is 28.9 Å². The van der Waals surface area contributed by atoms with E-state index in [2.05, 4.69) is 30.3 Å². The highest BCUT2D eigenvalue weighted by Crippen LogP contribution is 2.53. The molecule has 4 heteroatoms. The number of carbonyl (C=O) groups is 1. The van der Waals surface area contributed by atoms with Gasteiger partial charge in [0.25, 0.3) is 0 Å². The summed E-state index contributed by atoms with van der Waals surface area (Å²) in [5, 5.41) is 0. The van der Waals surface area contributed by atoms with Crippen molar-refractivity contribution in [2.75, 3.05) is 19.1 Å². The smallest absolute Gasteiger partial charge is 0.337 e. The van der Waals surface area contributed by atoms with Gasteiger partial charge >= 0.3 is 5.97 Å². The molecule has 2 aliphatic rings. The Morgan fingerprint density at radius 1 is 1.12 bits per heavy atom. The number of esters is 1. The molecule has 26 heavy (non-hydrogen) atoms. The summed E-state index contributed by atoms with van der Waals surface area (Å²) >= 11 is 5.93. The van der Waals surface area contributed by atoms with Gasteiger partial charge in [0, 0.05) is 18.7 Å². The van der Waals surface area contributed by atoms with Crippen LogP contribution >= 0.6 is 12.2 Å². The van der Waals surface area contributed by atoms with Gasteiger partial charge in [-0.2, -0.15) is 0 Å². The zero-order chi connectivity index (χ0) is 18.3. The summed E-state index contributed by atoms with van der Waals surface area (Å²) in [6.45, 7) is 0. The fourth-order valence-corrected chi connectivity index (χ4v) is 4.47. The topological polar surface area (TPSA) is 29.5 Å². The van der Waals surface area contributed by atoms with E-state index >= 15 is 0 Å². The molecule has 0 bridgehead atoms. The van der Waals surface area contributed by atoms with Gasteiger partial charge in [-0.1, -0.05) is 79.0 Å². The number of rotatable bonds is 2. The van der Waals surface area contributed by atoms with Crippen molar-refractivity contribution in [2.45, 2.75) is 11.3 Å². The van der Waals surface area contributed by atoms with Crippen molar-refractivity contribution < 1.29 is 9.53 Å². The summed E-state index contributed by atoms with van der Waals surface area (Å²) in [5.74, 6) is -0.335. The van der Waals surface area contributed by atoms with Gasteiger partial charge in [0.2, 0.25) is 0 Å². The van der Waals surface area contributed by atoms with Crippen LogP contribution in [0.15, 0.2) is 78.4 Å². The standard InChI is InChI=1S/C22H19NO2S/c1-23-19-11-7-6-10-18(19)22(21(23)26)14-16(20(24)25-2)12-13-17(22)15-8-4-3-5-9-15/h3-14,17H,1-2H3/t17-,22+/m0/s1. The maximum atomic E-state index is 12.3. The Morgan fingerprint density at radius 3 is 2.54 bits per heavy atom. The van der Waals surface area contributed by atoms with Gasteiger partial charge in [-0.25, -0.2) is 4.79 Å². The van der Waals surface area contributed by atoms with E-state index in [-0.39, 0.29) is 11.9 Å². The van der Waals surface area contributed by atoms with Crippen LogP contribution in [-0.2, 0) is 14.9 Å².